The number of fused-ring (bicyclic) bond motifs is 1. The second kappa shape index (κ2) is 7.65. The number of nitrogens with zero attached hydrogens (tertiary/aromatic N) is 4. The number of hydrogen-bond donors (Lipinski definition) is 0. The molecule has 4 aromatic rings. The molecule has 0 saturated carbocycles. The van der Waals surface area contributed by atoms with Gasteiger partial charge in [-0.25, -0.2) is 9.97 Å². The maximum Gasteiger partial charge on any atom is 0.265 e. The van der Waals surface area contributed by atoms with E-state index in [0.717, 1.165) is 57.7 Å². The summed E-state index contributed by atoms with van der Waals surface area (Å²) in [5.41, 5.74) is 2.64. The second-order valence-electron chi connectivity index (χ2n) is 7.26. The van der Waals surface area contributed by atoms with Crippen LogP contribution in [0.1, 0.15) is 39.1 Å². The van der Waals surface area contributed by atoms with E-state index in [2.05, 4.69) is 22.1 Å². The summed E-state index contributed by atoms with van der Waals surface area (Å²) < 4.78 is 1.21. The lowest BCUT2D eigenvalue weighted by Crippen LogP contribution is -2.39. The fourth-order valence-corrected chi connectivity index (χ4v) is 5.87. The number of carbonyl (C=O) groups is 1. The van der Waals surface area contributed by atoms with E-state index in [4.69, 9.17) is 4.98 Å². The summed E-state index contributed by atoms with van der Waals surface area (Å²) >= 11 is 3.19. The highest BCUT2D eigenvalue weighted by Gasteiger charge is 2.29. The first-order chi connectivity index (χ1) is 14.2. The summed E-state index contributed by atoms with van der Waals surface area (Å²) in [6.45, 7) is 3.41. The Morgan fingerprint density at radius 3 is 2.79 bits per heavy atom. The normalized spacial score (nSPS) is 17.0. The third-order valence-corrected chi connectivity index (χ3v) is 7.61. The number of likely N-dealkylation sites (tertiary alicyclic amines) is 1. The van der Waals surface area contributed by atoms with Crippen LogP contribution >= 0.6 is 22.7 Å². The Labute approximate surface area is 177 Å². The molecule has 5 rings (SSSR count). The van der Waals surface area contributed by atoms with Crippen molar-refractivity contribution < 1.29 is 4.79 Å². The molecule has 1 atom stereocenters. The number of aryl methyl sites for hydroxylation is 1. The van der Waals surface area contributed by atoms with Crippen LogP contribution in [0.4, 0.5) is 0 Å². The van der Waals surface area contributed by atoms with Gasteiger partial charge in [0.1, 0.15) is 9.88 Å². The van der Waals surface area contributed by atoms with Crippen molar-refractivity contribution in [3.63, 3.8) is 0 Å². The van der Waals surface area contributed by atoms with Crippen LogP contribution in [0.2, 0.25) is 0 Å². The van der Waals surface area contributed by atoms with E-state index in [1.807, 2.05) is 42.2 Å². The van der Waals surface area contributed by atoms with Gasteiger partial charge in [-0.15, -0.1) is 22.7 Å². The van der Waals surface area contributed by atoms with Gasteiger partial charge in [0.25, 0.3) is 5.91 Å². The molecule has 0 aliphatic carbocycles. The fraction of sp³-hybridized carbons (Fsp3) is 0.273. The highest BCUT2D eigenvalue weighted by atomic mass is 32.1. The quantitative estimate of drug-likeness (QED) is 0.460. The fourth-order valence-electron chi connectivity index (χ4n) is 3.77. The standard InChI is InChI=1S/C22H20N4OS2/c1-14-19(29-21(24-14)17-9-4-5-11-23-17)22(27)26-12-6-7-15(13-26)20-25-16-8-2-3-10-18(16)28-20/h2-5,8-11,15H,6-7,12-13H2,1H3/t15-/m1/s1. The van der Waals surface area contributed by atoms with Gasteiger partial charge in [0, 0.05) is 25.2 Å². The molecule has 4 heterocycles. The first kappa shape index (κ1) is 18.4. The molecule has 0 unspecified atom stereocenters. The predicted molar refractivity (Wildman–Crippen MR) is 118 cm³/mol. The van der Waals surface area contributed by atoms with Crippen molar-refractivity contribution in [1.82, 2.24) is 19.9 Å². The second-order valence-corrected chi connectivity index (χ2v) is 9.32. The van der Waals surface area contributed by atoms with E-state index < -0.39 is 0 Å². The lowest BCUT2D eigenvalue weighted by molar-refractivity contribution is 0.0711. The zero-order chi connectivity index (χ0) is 19.8. The minimum absolute atomic E-state index is 0.0768. The van der Waals surface area contributed by atoms with Crippen molar-refractivity contribution in [1.29, 1.82) is 0 Å². The van der Waals surface area contributed by atoms with Gasteiger partial charge in [-0.3, -0.25) is 9.78 Å². The van der Waals surface area contributed by atoms with Gasteiger partial charge in [0.2, 0.25) is 0 Å². The van der Waals surface area contributed by atoms with Crippen LogP contribution in [0.5, 0.6) is 0 Å². The number of amides is 1. The minimum Gasteiger partial charge on any atom is -0.337 e. The first-order valence-corrected chi connectivity index (χ1v) is 11.4. The predicted octanol–water partition coefficient (Wildman–Crippen LogP) is 5.14. The van der Waals surface area contributed by atoms with Gasteiger partial charge >= 0.3 is 0 Å². The molecular weight excluding hydrogens is 400 g/mol. The summed E-state index contributed by atoms with van der Waals surface area (Å²) in [6.07, 6.45) is 3.82. The topological polar surface area (TPSA) is 59.0 Å². The molecule has 1 aliphatic rings. The number of piperidine rings is 1. The van der Waals surface area contributed by atoms with Gasteiger partial charge in [-0.2, -0.15) is 0 Å². The SMILES string of the molecule is Cc1nc(-c2ccccn2)sc1C(=O)N1CCC[C@@H](c2nc3ccccc3s2)C1. The van der Waals surface area contributed by atoms with Gasteiger partial charge in [-0.1, -0.05) is 18.2 Å². The highest BCUT2D eigenvalue weighted by Crippen LogP contribution is 2.34. The van der Waals surface area contributed by atoms with E-state index in [1.165, 1.54) is 16.0 Å². The number of benzene rings is 1. The van der Waals surface area contributed by atoms with Crippen LogP contribution in [-0.2, 0) is 0 Å². The lowest BCUT2D eigenvalue weighted by Gasteiger charge is -2.31. The van der Waals surface area contributed by atoms with E-state index >= 15 is 0 Å². The molecule has 1 aromatic carbocycles. The molecule has 5 nitrogen and oxygen atoms in total. The zero-order valence-electron chi connectivity index (χ0n) is 16.0. The van der Waals surface area contributed by atoms with Crippen LogP contribution < -0.4 is 0 Å². The number of aromatic nitrogens is 3. The maximum atomic E-state index is 13.3. The third kappa shape index (κ3) is 3.56. The molecule has 29 heavy (non-hydrogen) atoms. The largest absolute Gasteiger partial charge is 0.337 e. The Morgan fingerprint density at radius 2 is 1.97 bits per heavy atom. The van der Waals surface area contributed by atoms with Crippen molar-refractivity contribution in [3.8, 4) is 10.7 Å². The van der Waals surface area contributed by atoms with E-state index in [-0.39, 0.29) is 5.91 Å². The van der Waals surface area contributed by atoms with Crippen LogP contribution in [0.15, 0.2) is 48.7 Å². The van der Waals surface area contributed by atoms with E-state index in [0.29, 0.717) is 5.92 Å². The summed E-state index contributed by atoms with van der Waals surface area (Å²) in [6, 6.07) is 14.0. The molecule has 146 valence electrons. The average molecular weight is 421 g/mol. The molecule has 1 saturated heterocycles. The average Bonchev–Trinajstić information content (AvgIpc) is 3.38. The van der Waals surface area contributed by atoms with E-state index in [9.17, 15) is 4.79 Å². The van der Waals surface area contributed by atoms with Crippen LogP contribution in [0.25, 0.3) is 20.9 Å². The molecule has 7 heteroatoms. The lowest BCUT2D eigenvalue weighted by atomic mass is 9.98. The van der Waals surface area contributed by atoms with Crippen molar-refractivity contribution in [2.75, 3.05) is 13.1 Å². The molecule has 0 N–H and O–H groups in total. The maximum absolute atomic E-state index is 13.3. The molecule has 0 radical (unpaired) electrons. The van der Waals surface area contributed by atoms with Gasteiger partial charge in [0.05, 0.1) is 26.6 Å². The summed E-state index contributed by atoms with van der Waals surface area (Å²) in [7, 11) is 0. The molecule has 1 aliphatic heterocycles. The van der Waals surface area contributed by atoms with Crippen molar-refractivity contribution >= 4 is 38.8 Å². The van der Waals surface area contributed by atoms with E-state index in [1.54, 1.807) is 17.5 Å². The Kier molecular flexibility index (Phi) is 4.85. The minimum atomic E-state index is 0.0768. The molecule has 3 aromatic heterocycles. The molecule has 1 amide bonds. The summed E-state index contributed by atoms with van der Waals surface area (Å²) in [5, 5.41) is 1.94. The number of hydrogen-bond acceptors (Lipinski definition) is 6. The van der Waals surface area contributed by atoms with Gasteiger partial charge in [0.15, 0.2) is 0 Å². The number of thiazole rings is 2. The third-order valence-electron chi connectivity index (χ3n) is 5.24. The highest BCUT2D eigenvalue weighted by molar-refractivity contribution is 7.18. The Morgan fingerprint density at radius 1 is 1.10 bits per heavy atom. The van der Waals surface area contributed by atoms with Crippen LogP contribution in [0, 0.1) is 6.92 Å². The number of carbonyl (C=O) groups excluding carboxylic acids is 1. The summed E-state index contributed by atoms with van der Waals surface area (Å²) in [4.78, 5) is 29.8. The number of para-hydroxylation sites is 1. The van der Waals surface area contributed by atoms with Gasteiger partial charge in [-0.05, 0) is 44.0 Å². The Hall–Kier alpha value is -2.64. The smallest absolute Gasteiger partial charge is 0.265 e. The van der Waals surface area contributed by atoms with Gasteiger partial charge < -0.3 is 4.90 Å². The number of pyridine rings is 1. The molecular formula is C22H20N4OS2. The first-order valence-electron chi connectivity index (χ1n) is 9.72. The zero-order valence-corrected chi connectivity index (χ0v) is 17.7. The summed E-state index contributed by atoms with van der Waals surface area (Å²) in [5.74, 6) is 0.376. The molecule has 0 bridgehead atoms. The Balaban J connectivity index is 1.38. The molecule has 0 spiro atoms. The van der Waals surface area contributed by atoms with Crippen LogP contribution in [-0.4, -0.2) is 38.8 Å². The van der Waals surface area contributed by atoms with Crippen molar-refractivity contribution in [2.24, 2.45) is 0 Å². The molecule has 1 fully saturated rings. The Bertz CT molecular complexity index is 1140. The van der Waals surface area contributed by atoms with Crippen LogP contribution in [0.3, 0.4) is 0 Å². The number of rotatable bonds is 3. The monoisotopic (exact) mass is 420 g/mol. The van der Waals surface area contributed by atoms with Crippen molar-refractivity contribution in [2.45, 2.75) is 25.7 Å². The van der Waals surface area contributed by atoms with Crippen molar-refractivity contribution in [3.05, 3.63) is 64.2 Å².